The van der Waals surface area contributed by atoms with Crippen LogP contribution in [0.1, 0.15) is 30.9 Å². The van der Waals surface area contributed by atoms with Crippen LogP contribution in [0.3, 0.4) is 0 Å². The Labute approximate surface area is 172 Å². The van der Waals surface area contributed by atoms with E-state index in [1.807, 2.05) is 25.1 Å². The van der Waals surface area contributed by atoms with E-state index < -0.39 is 23.4 Å². The van der Waals surface area contributed by atoms with Crippen molar-refractivity contribution in [2.24, 2.45) is 0 Å². The van der Waals surface area contributed by atoms with Crippen molar-refractivity contribution in [3.63, 3.8) is 0 Å². The van der Waals surface area contributed by atoms with Crippen molar-refractivity contribution in [1.82, 2.24) is 0 Å². The van der Waals surface area contributed by atoms with E-state index >= 15 is 0 Å². The van der Waals surface area contributed by atoms with E-state index in [1.54, 1.807) is 0 Å². The first kappa shape index (κ1) is 22.2. The number of carbonyl (C=O) groups excluding carboxylic acids is 2. The van der Waals surface area contributed by atoms with Crippen LogP contribution in [0.2, 0.25) is 5.02 Å². The number of ether oxygens (including phenoxy) is 2. The van der Waals surface area contributed by atoms with Crippen LogP contribution in [-0.4, -0.2) is 30.0 Å². The minimum atomic E-state index is -0.704. The summed E-state index contributed by atoms with van der Waals surface area (Å²) in [5.74, 6) is -0.438. The molecule has 2 aromatic carbocycles. The molecule has 0 saturated carbocycles. The highest BCUT2D eigenvalue weighted by molar-refractivity contribution is 6.34. The van der Waals surface area contributed by atoms with Crippen molar-refractivity contribution in [3.05, 3.63) is 62.7 Å². The van der Waals surface area contributed by atoms with Crippen LogP contribution in [0, 0.1) is 17.0 Å². The van der Waals surface area contributed by atoms with Gasteiger partial charge in [-0.05, 0) is 36.1 Å². The summed E-state index contributed by atoms with van der Waals surface area (Å²) >= 11 is 5.90. The molecule has 0 aliphatic carbocycles. The molecule has 0 radical (unpaired) electrons. The van der Waals surface area contributed by atoms with Gasteiger partial charge in [-0.25, -0.2) is 4.79 Å². The van der Waals surface area contributed by atoms with E-state index in [4.69, 9.17) is 21.1 Å². The summed E-state index contributed by atoms with van der Waals surface area (Å²) in [5, 5.41) is 13.1. The normalized spacial score (nSPS) is 10.5. The zero-order chi connectivity index (χ0) is 21.6. The third-order valence-electron chi connectivity index (χ3n) is 4.03. The monoisotopic (exact) mass is 420 g/mol. The number of benzene rings is 2. The maximum Gasteiger partial charge on any atom is 0.344 e. The smallest absolute Gasteiger partial charge is 0.344 e. The zero-order valence-corrected chi connectivity index (χ0v) is 17.0. The number of nitrogens with zero attached hydrogens (tertiary/aromatic N) is 1. The Kier molecular flexibility index (Phi) is 7.55. The van der Waals surface area contributed by atoms with Crippen LogP contribution in [0.5, 0.6) is 5.75 Å². The summed E-state index contributed by atoms with van der Waals surface area (Å²) in [6.45, 7) is 5.09. The van der Waals surface area contributed by atoms with E-state index in [0.29, 0.717) is 11.7 Å². The standard InChI is InChI=1S/C20H21ClN2O6/c1-12(2)14-5-4-13(3)18(8-14)28-11-20(25)29-10-19(24)22-17-7-6-15(23(26)27)9-16(17)21/h4-9,12H,10-11H2,1-3H3,(H,22,24). The quantitative estimate of drug-likeness (QED) is 0.388. The Hall–Kier alpha value is -3.13. The lowest BCUT2D eigenvalue weighted by Gasteiger charge is -2.12. The van der Waals surface area contributed by atoms with Crippen LogP contribution < -0.4 is 10.1 Å². The molecule has 29 heavy (non-hydrogen) atoms. The first-order valence-electron chi connectivity index (χ1n) is 8.80. The molecule has 0 aliphatic heterocycles. The van der Waals surface area contributed by atoms with Gasteiger partial charge >= 0.3 is 5.97 Å². The molecule has 0 unspecified atom stereocenters. The summed E-state index contributed by atoms with van der Waals surface area (Å²) in [6, 6.07) is 9.40. The average Bonchev–Trinajstić information content (AvgIpc) is 2.66. The fourth-order valence-corrected chi connectivity index (χ4v) is 2.58. The van der Waals surface area contributed by atoms with Crippen molar-refractivity contribution in [3.8, 4) is 5.75 Å². The number of halogens is 1. The van der Waals surface area contributed by atoms with Crippen LogP contribution >= 0.6 is 11.6 Å². The Bertz CT molecular complexity index is 929. The lowest BCUT2D eigenvalue weighted by Crippen LogP contribution is -2.24. The number of hydrogen-bond donors (Lipinski definition) is 1. The Morgan fingerprint density at radius 2 is 1.90 bits per heavy atom. The number of carbonyl (C=O) groups is 2. The second kappa shape index (κ2) is 9.88. The van der Waals surface area contributed by atoms with Crippen LogP contribution in [0.15, 0.2) is 36.4 Å². The molecule has 2 aromatic rings. The van der Waals surface area contributed by atoms with Gasteiger partial charge in [-0.3, -0.25) is 14.9 Å². The van der Waals surface area contributed by atoms with E-state index in [0.717, 1.165) is 17.2 Å². The summed E-state index contributed by atoms with van der Waals surface area (Å²) in [5.41, 5.74) is 1.94. The molecule has 0 saturated heterocycles. The van der Waals surface area contributed by atoms with Gasteiger partial charge < -0.3 is 14.8 Å². The fraction of sp³-hybridized carbons (Fsp3) is 0.300. The van der Waals surface area contributed by atoms with E-state index in [2.05, 4.69) is 19.2 Å². The molecule has 0 bridgehead atoms. The van der Waals surface area contributed by atoms with Gasteiger partial charge in [0.2, 0.25) is 0 Å². The van der Waals surface area contributed by atoms with Crippen LogP contribution in [0.4, 0.5) is 11.4 Å². The molecule has 8 nitrogen and oxygen atoms in total. The van der Waals surface area contributed by atoms with Crippen LogP contribution in [-0.2, 0) is 14.3 Å². The first-order valence-corrected chi connectivity index (χ1v) is 9.18. The highest BCUT2D eigenvalue weighted by Crippen LogP contribution is 2.26. The summed E-state index contributed by atoms with van der Waals surface area (Å²) < 4.78 is 10.4. The minimum absolute atomic E-state index is 0.00252. The van der Waals surface area contributed by atoms with Gasteiger partial charge in [-0.2, -0.15) is 0 Å². The van der Waals surface area contributed by atoms with E-state index in [9.17, 15) is 19.7 Å². The molecule has 154 valence electrons. The number of aryl methyl sites for hydroxylation is 1. The number of esters is 1. The number of nitrogens with one attached hydrogen (secondary N) is 1. The minimum Gasteiger partial charge on any atom is -0.482 e. The maximum atomic E-state index is 11.9. The molecular weight excluding hydrogens is 400 g/mol. The van der Waals surface area contributed by atoms with Gasteiger partial charge in [-0.15, -0.1) is 0 Å². The van der Waals surface area contributed by atoms with Gasteiger partial charge in [0.05, 0.1) is 15.6 Å². The van der Waals surface area contributed by atoms with Gasteiger partial charge in [0.15, 0.2) is 13.2 Å². The second-order valence-electron chi connectivity index (χ2n) is 6.60. The largest absolute Gasteiger partial charge is 0.482 e. The molecule has 2 rings (SSSR count). The van der Waals surface area contributed by atoms with E-state index in [-0.39, 0.29) is 23.0 Å². The SMILES string of the molecule is Cc1ccc(C(C)C)cc1OCC(=O)OCC(=O)Nc1ccc([N+](=O)[O-])cc1Cl. The summed E-state index contributed by atoms with van der Waals surface area (Å²) in [4.78, 5) is 33.9. The number of nitro groups is 1. The lowest BCUT2D eigenvalue weighted by molar-refractivity contribution is -0.384. The van der Waals surface area contributed by atoms with Crippen molar-refractivity contribution in [1.29, 1.82) is 0 Å². The predicted octanol–water partition coefficient (Wildman–Crippen LogP) is 4.24. The van der Waals surface area contributed by atoms with Crippen molar-refractivity contribution >= 4 is 34.9 Å². The number of nitro benzene ring substituents is 1. The molecule has 0 fully saturated rings. The van der Waals surface area contributed by atoms with Crippen molar-refractivity contribution in [2.75, 3.05) is 18.5 Å². The maximum absolute atomic E-state index is 11.9. The van der Waals surface area contributed by atoms with Gasteiger partial charge in [0.1, 0.15) is 5.75 Å². The van der Waals surface area contributed by atoms with Gasteiger partial charge in [0.25, 0.3) is 11.6 Å². The molecule has 0 aromatic heterocycles. The molecule has 0 atom stereocenters. The molecule has 0 spiro atoms. The third-order valence-corrected chi connectivity index (χ3v) is 4.34. The van der Waals surface area contributed by atoms with Gasteiger partial charge in [0, 0.05) is 12.1 Å². The third kappa shape index (κ3) is 6.46. The molecule has 1 N–H and O–H groups in total. The zero-order valence-electron chi connectivity index (χ0n) is 16.2. The van der Waals surface area contributed by atoms with E-state index in [1.165, 1.54) is 12.1 Å². The molecular formula is C20H21ClN2O6. The predicted molar refractivity (Wildman–Crippen MR) is 108 cm³/mol. The average molecular weight is 421 g/mol. The number of amides is 1. The van der Waals surface area contributed by atoms with Gasteiger partial charge in [-0.1, -0.05) is 37.6 Å². The summed E-state index contributed by atoms with van der Waals surface area (Å²) in [7, 11) is 0. The number of non-ortho nitro benzene ring substituents is 1. The molecule has 1 amide bonds. The Morgan fingerprint density at radius 1 is 1.17 bits per heavy atom. The van der Waals surface area contributed by atoms with Crippen molar-refractivity contribution in [2.45, 2.75) is 26.7 Å². The number of anilines is 1. The van der Waals surface area contributed by atoms with Crippen molar-refractivity contribution < 1.29 is 24.0 Å². The molecule has 0 heterocycles. The van der Waals surface area contributed by atoms with Crippen LogP contribution in [0.25, 0.3) is 0 Å². The highest BCUT2D eigenvalue weighted by Gasteiger charge is 2.14. The Balaban J connectivity index is 1.84. The fourth-order valence-electron chi connectivity index (χ4n) is 2.36. The Morgan fingerprint density at radius 3 is 2.52 bits per heavy atom. The second-order valence-corrected chi connectivity index (χ2v) is 7.01. The lowest BCUT2D eigenvalue weighted by atomic mass is 10.0. The molecule has 0 aliphatic rings. The number of hydrogen-bond acceptors (Lipinski definition) is 6. The topological polar surface area (TPSA) is 108 Å². The molecule has 9 heteroatoms. The first-order chi connectivity index (χ1) is 13.7. The number of rotatable bonds is 8. The summed E-state index contributed by atoms with van der Waals surface area (Å²) in [6.07, 6.45) is 0. The highest BCUT2D eigenvalue weighted by atomic mass is 35.5.